The number of benzene rings is 1. The molecule has 17 heavy (non-hydrogen) atoms. The number of methoxy groups -OCH3 is 1. The Morgan fingerprint density at radius 1 is 1.41 bits per heavy atom. The summed E-state index contributed by atoms with van der Waals surface area (Å²) in [4.78, 5) is 15.8. The highest BCUT2D eigenvalue weighted by Gasteiger charge is 2.15. The van der Waals surface area contributed by atoms with Gasteiger partial charge in [-0.25, -0.2) is 4.98 Å². The number of rotatable bonds is 3. The van der Waals surface area contributed by atoms with E-state index in [4.69, 9.17) is 4.74 Å². The van der Waals surface area contributed by atoms with Crippen molar-refractivity contribution in [3.05, 3.63) is 30.1 Å². The second-order valence-electron chi connectivity index (χ2n) is 4.23. The average Bonchev–Trinajstić information content (AvgIpc) is 2.66. The van der Waals surface area contributed by atoms with Crippen molar-refractivity contribution in [1.29, 1.82) is 0 Å². The van der Waals surface area contributed by atoms with Gasteiger partial charge in [0.1, 0.15) is 12.2 Å². The molecule has 1 aromatic heterocycles. The molecule has 0 atom stereocenters. The number of para-hydroxylation sites is 2. The molecular weight excluding hydrogens is 216 g/mol. The first-order chi connectivity index (χ1) is 8.13. The molecular formula is C13H16N2O2. The molecule has 0 amide bonds. The van der Waals surface area contributed by atoms with Crippen molar-refractivity contribution in [1.82, 2.24) is 9.55 Å². The molecule has 0 bridgehead atoms. The van der Waals surface area contributed by atoms with Crippen LogP contribution in [-0.4, -0.2) is 22.6 Å². The number of ether oxygens (including phenoxy) is 1. The molecule has 2 aromatic rings. The normalized spacial score (nSPS) is 11.1. The standard InChI is InChI=1S/C13H16N2O2/c1-9(2)15-11-7-5-4-6-10(11)14-12(15)8-13(16)17-3/h4-7,9H,8H2,1-3H3. The number of hydrogen-bond donors (Lipinski definition) is 0. The first-order valence-electron chi connectivity index (χ1n) is 5.66. The van der Waals surface area contributed by atoms with Crippen molar-refractivity contribution >= 4 is 17.0 Å². The van der Waals surface area contributed by atoms with Gasteiger partial charge in [-0.3, -0.25) is 4.79 Å². The third-order valence-corrected chi connectivity index (χ3v) is 2.72. The Balaban J connectivity index is 2.53. The number of fused-ring (bicyclic) bond motifs is 1. The molecule has 0 fully saturated rings. The number of esters is 1. The number of nitrogens with zero attached hydrogens (tertiary/aromatic N) is 2. The maximum Gasteiger partial charge on any atom is 0.313 e. The Bertz CT molecular complexity index is 543. The summed E-state index contributed by atoms with van der Waals surface area (Å²) in [5.74, 6) is 0.496. The van der Waals surface area contributed by atoms with Crippen molar-refractivity contribution in [3.63, 3.8) is 0 Å². The molecule has 0 aliphatic heterocycles. The van der Waals surface area contributed by atoms with Crippen LogP contribution >= 0.6 is 0 Å². The lowest BCUT2D eigenvalue weighted by molar-refractivity contribution is -0.139. The Morgan fingerprint density at radius 2 is 2.12 bits per heavy atom. The Morgan fingerprint density at radius 3 is 2.76 bits per heavy atom. The summed E-state index contributed by atoms with van der Waals surface area (Å²) >= 11 is 0. The van der Waals surface area contributed by atoms with Crippen LogP contribution < -0.4 is 0 Å². The highest BCUT2D eigenvalue weighted by atomic mass is 16.5. The quantitative estimate of drug-likeness (QED) is 0.763. The molecule has 2 rings (SSSR count). The van der Waals surface area contributed by atoms with Crippen molar-refractivity contribution in [2.75, 3.05) is 7.11 Å². The number of carbonyl (C=O) groups is 1. The summed E-state index contributed by atoms with van der Waals surface area (Å²) in [6, 6.07) is 8.16. The SMILES string of the molecule is COC(=O)Cc1nc2ccccc2n1C(C)C. The Labute approximate surface area is 100 Å². The molecule has 4 heteroatoms. The molecule has 0 aliphatic rings. The summed E-state index contributed by atoms with van der Waals surface area (Å²) < 4.78 is 6.77. The van der Waals surface area contributed by atoms with E-state index in [9.17, 15) is 4.79 Å². The van der Waals surface area contributed by atoms with Gasteiger partial charge in [0.25, 0.3) is 0 Å². The lowest BCUT2D eigenvalue weighted by Crippen LogP contribution is -2.12. The highest BCUT2D eigenvalue weighted by molar-refractivity contribution is 5.78. The number of imidazole rings is 1. The zero-order valence-electron chi connectivity index (χ0n) is 10.3. The van der Waals surface area contributed by atoms with Gasteiger partial charge in [-0.15, -0.1) is 0 Å². The molecule has 0 radical (unpaired) electrons. The van der Waals surface area contributed by atoms with Gasteiger partial charge in [-0.1, -0.05) is 12.1 Å². The van der Waals surface area contributed by atoms with Crippen LogP contribution in [-0.2, 0) is 16.0 Å². The first kappa shape index (κ1) is 11.6. The molecule has 1 aromatic carbocycles. The molecule has 0 N–H and O–H groups in total. The van der Waals surface area contributed by atoms with E-state index in [2.05, 4.69) is 23.4 Å². The zero-order valence-corrected chi connectivity index (χ0v) is 10.3. The Kier molecular flexibility index (Phi) is 3.13. The maximum atomic E-state index is 11.4. The van der Waals surface area contributed by atoms with Gasteiger partial charge in [-0.05, 0) is 26.0 Å². The molecule has 0 saturated carbocycles. The van der Waals surface area contributed by atoms with Crippen LogP contribution in [0, 0.1) is 0 Å². The third kappa shape index (κ3) is 2.16. The maximum absolute atomic E-state index is 11.4. The largest absolute Gasteiger partial charge is 0.469 e. The van der Waals surface area contributed by atoms with E-state index in [1.807, 2.05) is 24.3 Å². The van der Waals surface area contributed by atoms with Crippen LogP contribution in [0.3, 0.4) is 0 Å². The molecule has 0 aliphatic carbocycles. The summed E-state index contributed by atoms with van der Waals surface area (Å²) in [5.41, 5.74) is 1.97. The molecule has 0 spiro atoms. The molecule has 4 nitrogen and oxygen atoms in total. The van der Waals surface area contributed by atoms with Crippen molar-refractivity contribution < 1.29 is 9.53 Å². The minimum Gasteiger partial charge on any atom is -0.469 e. The van der Waals surface area contributed by atoms with Gasteiger partial charge in [0, 0.05) is 6.04 Å². The van der Waals surface area contributed by atoms with Crippen LogP contribution in [0.4, 0.5) is 0 Å². The molecule has 1 heterocycles. The second kappa shape index (κ2) is 4.57. The van der Waals surface area contributed by atoms with Crippen molar-refractivity contribution in [2.45, 2.75) is 26.3 Å². The topological polar surface area (TPSA) is 44.1 Å². The van der Waals surface area contributed by atoms with E-state index in [0.717, 1.165) is 16.9 Å². The van der Waals surface area contributed by atoms with Crippen LogP contribution in [0.2, 0.25) is 0 Å². The summed E-state index contributed by atoms with van der Waals surface area (Å²) in [6.07, 6.45) is 0.212. The monoisotopic (exact) mass is 232 g/mol. The fourth-order valence-electron chi connectivity index (χ4n) is 2.00. The number of hydrogen-bond acceptors (Lipinski definition) is 3. The minimum absolute atomic E-state index is 0.212. The van der Waals surface area contributed by atoms with Crippen LogP contribution in [0.1, 0.15) is 25.7 Å². The summed E-state index contributed by atoms with van der Waals surface area (Å²) in [7, 11) is 1.39. The summed E-state index contributed by atoms with van der Waals surface area (Å²) in [6.45, 7) is 4.16. The van der Waals surface area contributed by atoms with E-state index in [1.54, 1.807) is 0 Å². The van der Waals surface area contributed by atoms with Gasteiger partial charge in [0.05, 0.1) is 18.1 Å². The van der Waals surface area contributed by atoms with E-state index < -0.39 is 0 Å². The highest BCUT2D eigenvalue weighted by Crippen LogP contribution is 2.21. The number of carbonyl (C=O) groups excluding carboxylic acids is 1. The molecule has 0 saturated heterocycles. The van der Waals surface area contributed by atoms with Crippen LogP contribution in [0.15, 0.2) is 24.3 Å². The van der Waals surface area contributed by atoms with Crippen LogP contribution in [0.5, 0.6) is 0 Å². The van der Waals surface area contributed by atoms with Gasteiger partial charge in [-0.2, -0.15) is 0 Å². The Hall–Kier alpha value is -1.84. The second-order valence-corrected chi connectivity index (χ2v) is 4.23. The van der Waals surface area contributed by atoms with Gasteiger partial charge < -0.3 is 9.30 Å². The van der Waals surface area contributed by atoms with Crippen molar-refractivity contribution in [3.8, 4) is 0 Å². The van der Waals surface area contributed by atoms with E-state index in [1.165, 1.54) is 7.11 Å². The zero-order chi connectivity index (χ0) is 12.4. The van der Waals surface area contributed by atoms with E-state index in [-0.39, 0.29) is 18.4 Å². The first-order valence-corrected chi connectivity index (χ1v) is 5.66. The number of aromatic nitrogens is 2. The van der Waals surface area contributed by atoms with Gasteiger partial charge in [0.2, 0.25) is 0 Å². The molecule has 0 unspecified atom stereocenters. The predicted molar refractivity (Wildman–Crippen MR) is 65.8 cm³/mol. The minimum atomic E-state index is -0.262. The fraction of sp³-hybridized carbons (Fsp3) is 0.385. The third-order valence-electron chi connectivity index (χ3n) is 2.72. The average molecular weight is 232 g/mol. The smallest absolute Gasteiger partial charge is 0.313 e. The van der Waals surface area contributed by atoms with E-state index >= 15 is 0 Å². The summed E-state index contributed by atoms with van der Waals surface area (Å²) in [5, 5.41) is 0. The van der Waals surface area contributed by atoms with Gasteiger partial charge >= 0.3 is 5.97 Å². The van der Waals surface area contributed by atoms with Crippen LogP contribution in [0.25, 0.3) is 11.0 Å². The lowest BCUT2D eigenvalue weighted by atomic mass is 10.3. The van der Waals surface area contributed by atoms with Gasteiger partial charge in [0.15, 0.2) is 0 Å². The molecule has 90 valence electrons. The predicted octanol–water partition coefficient (Wildman–Crippen LogP) is 2.33. The lowest BCUT2D eigenvalue weighted by Gasteiger charge is -2.12. The van der Waals surface area contributed by atoms with Crippen molar-refractivity contribution in [2.24, 2.45) is 0 Å². The fourth-order valence-corrected chi connectivity index (χ4v) is 2.00. The van der Waals surface area contributed by atoms with E-state index in [0.29, 0.717) is 0 Å².